The Morgan fingerprint density at radius 1 is 1.05 bits per heavy atom. The molecule has 2 N–H and O–H groups in total. The van der Waals surface area contributed by atoms with Crippen LogP contribution in [0.4, 0.5) is 4.39 Å². The molecule has 20 heavy (non-hydrogen) atoms. The van der Waals surface area contributed by atoms with E-state index in [1.54, 1.807) is 6.20 Å². The van der Waals surface area contributed by atoms with E-state index in [0.29, 0.717) is 6.54 Å². The third kappa shape index (κ3) is 2.28. The number of rotatable bonds is 3. The van der Waals surface area contributed by atoms with Crippen molar-refractivity contribution in [2.24, 2.45) is 5.73 Å². The van der Waals surface area contributed by atoms with Gasteiger partial charge in [0.15, 0.2) is 0 Å². The molecule has 0 atom stereocenters. The van der Waals surface area contributed by atoms with Crippen molar-refractivity contribution in [2.75, 3.05) is 6.54 Å². The first-order valence-electron chi connectivity index (χ1n) is 6.61. The standard InChI is InChI=1S/C17H15FN2/c18-15-9-14(10-20-11-15)17-13(7-8-19)6-5-12-3-1-2-4-16(12)17/h1-6,9-11H,7-8,19H2. The van der Waals surface area contributed by atoms with Crippen molar-refractivity contribution >= 4 is 10.8 Å². The third-order valence-electron chi connectivity index (χ3n) is 3.42. The lowest BCUT2D eigenvalue weighted by atomic mass is 9.92. The predicted molar refractivity (Wildman–Crippen MR) is 79.9 cm³/mol. The van der Waals surface area contributed by atoms with Crippen molar-refractivity contribution in [3.8, 4) is 11.1 Å². The fourth-order valence-corrected chi connectivity index (χ4v) is 2.57. The van der Waals surface area contributed by atoms with E-state index < -0.39 is 0 Å². The lowest BCUT2D eigenvalue weighted by Gasteiger charge is -2.13. The molecule has 0 radical (unpaired) electrons. The van der Waals surface area contributed by atoms with Crippen LogP contribution in [-0.2, 0) is 6.42 Å². The summed E-state index contributed by atoms with van der Waals surface area (Å²) in [7, 11) is 0. The zero-order valence-electron chi connectivity index (χ0n) is 11.0. The quantitative estimate of drug-likeness (QED) is 0.787. The smallest absolute Gasteiger partial charge is 0.142 e. The highest BCUT2D eigenvalue weighted by molar-refractivity contribution is 5.98. The van der Waals surface area contributed by atoms with Gasteiger partial charge in [-0.15, -0.1) is 0 Å². The van der Waals surface area contributed by atoms with Gasteiger partial charge in [-0.3, -0.25) is 4.98 Å². The lowest BCUT2D eigenvalue weighted by molar-refractivity contribution is 0.622. The number of nitrogens with two attached hydrogens (primary N) is 1. The molecule has 0 aliphatic heterocycles. The SMILES string of the molecule is NCCc1ccc2ccccc2c1-c1cncc(F)c1. The number of nitrogens with zero attached hydrogens (tertiary/aromatic N) is 1. The van der Waals surface area contributed by atoms with E-state index in [0.717, 1.165) is 33.9 Å². The van der Waals surface area contributed by atoms with Crippen molar-refractivity contribution in [1.29, 1.82) is 0 Å². The summed E-state index contributed by atoms with van der Waals surface area (Å²) in [4.78, 5) is 3.96. The average Bonchev–Trinajstić information content (AvgIpc) is 2.47. The average molecular weight is 266 g/mol. The zero-order valence-corrected chi connectivity index (χ0v) is 11.0. The van der Waals surface area contributed by atoms with E-state index in [1.807, 2.05) is 12.1 Å². The topological polar surface area (TPSA) is 38.9 Å². The highest BCUT2D eigenvalue weighted by Gasteiger charge is 2.10. The van der Waals surface area contributed by atoms with E-state index in [9.17, 15) is 4.39 Å². The Bertz CT molecular complexity index is 753. The number of hydrogen-bond acceptors (Lipinski definition) is 2. The van der Waals surface area contributed by atoms with Crippen LogP contribution in [0.2, 0.25) is 0 Å². The predicted octanol–water partition coefficient (Wildman–Crippen LogP) is 3.54. The van der Waals surface area contributed by atoms with Gasteiger partial charge in [0.2, 0.25) is 0 Å². The fraction of sp³-hybridized carbons (Fsp3) is 0.118. The number of hydrogen-bond donors (Lipinski definition) is 1. The van der Waals surface area contributed by atoms with Gasteiger partial charge in [0.05, 0.1) is 6.20 Å². The van der Waals surface area contributed by atoms with Crippen LogP contribution in [0, 0.1) is 5.82 Å². The highest BCUT2D eigenvalue weighted by atomic mass is 19.1. The van der Waals surface area contributed by atoms with Crippen molar-refractivity contribution in [3.05, 3.63) is 66.2 Å². The molecule has 0 saturated heterocycles. The number of halogens is 1. The summed E-state index contributed by atoms with van der Waals surface area (Å²) in [5.74, 6) is -0.325. The molecule has 0 spiro atoms. The number of fused-ring (bicyclic) bond motifs is 1. The van der Waals surface area contributed by atoms with E-state index >= 15 is 0 Å². The summed E-state index contributed by atoms with van der Waals surface area (Å²) < 4.78 is 13.5. The molecule has 1 heterocycles. The second-order valence-electron chi connectivity index (χ2n) is 4.75. The number of benzene rings is 2. The zero-order chi connectivity index (χ0) is 13.9. The Hall–Kier alpha value is -2.26. The van der Waals surface area contributed by atoms with Gasteiger partial charge in [-0.25, -0.2) is 4.39 Å². The van der Waals surface area contributed by atoms with Gasteiger partial charge in [-0.05, 0) is 40.9 Å². The molecule has 0 unspecified atom stereocenters. The van der Waals surface area contributed by atoms with Crippen molar-refractivity contribution < 1.29 is 4.39 Å². The van der Waals surface area contributed by atoms with E-state index in [-0.39, 0.29) is 5.82 Å². The first kappa shape index (κ1) is 12.8. The highest BCUT2D eigenvalue weighted by Crippen LogP contribution is 2.32. The molecule has 3 heteroatoms. The maximum Gasteiger partial charge on any atom is 0.142 e. The van der Waals surface area contributed by atoms with E-state index in [2.05, 4.69) is 29.2 Å². The molecule has 0 amide bonds. The molecular weight excluding hydrogens is 251 g/mol. The molecule has 0 bridgehead atoms. The number of aromatic nitrogens is 1. The van der Waals surface area contributed by atoms with Gasteiger partial charge >= 0.3 is 0 Å². The molecule has 2 nitrogen and oxygen atoms in total. The molecular formula is C17H15FN2. The summed E-state index contributed by atoms with van der Waals surface area (Å²) >= 11 is 0. The molecule has 3 aromatic rings. The van der Waals surface area contributed by atoms with Crippen molar-refractivity contribution in [2.45, 2.75) is 6.42 Å². The van der Waals surface area contributed by atoms with Crippen LogP contribution >= 0.6 is 0 Å². The van der Waals surface area contributed by atoms with Gasteiger partial charge < -0.3 is 5.73 Å². The van der Waals surface area contributed by atoms with Crippen LogP contribution in [-0.4, -0.2) is 11.5 Å². The van der Waals surface area contributed by atoms with Gasteiger partial charge in [-0.1, -0.05) is 36.4 Å². The normalized spacial score (nSPS) is 10.9. The summed E-state index contributed by atoms with van der Waals surface area (Å²) in [6.45, 7) is 0.564. The maximum absolute atomic E-state index is 13.5. The first-order valence-corrected chi connectivity index (χ1v) is 6.61. The Morgan fingerprint density at radius 3 is 2.70 bits per heavy atom. The first-order chi connectivity index (χ1) is 9.79. The molecule has 0 saturated carbocycles. The van der Waals surface area contributed by atoms with Crippen LogP contribution in [0.15, 0.2) is 54.9 Å². The Balaban J connectivity index is 2.32. The molecule has 3 rings (SSSR count). The Labute approximate surface area is 117 Å². The minimum absolute atomic E-state index is 0.325. The minimum atomic E-state index is -0.325. The Kier molecular flexibility index (Phi) is 3.44. The van der Waals surface area contributed by atoms with Gasteiger partial charge in [0.25, 0.3) is 0 Å². The summed E-state index contributed by atoms with van der Waals surface area (Å²) in [5, 5.41) is 2.23. The lowest BCUT2D eigenvalue weighted by Crippen LogP contribution is -2.04. The Morgan fingerprint density at radius 2 is 1.90 bits per heavy atom. The van der Waals surface area contributed by atoms with Crippen molar-refractivity contribution in [1.82, 2.24) is 4.98 Å². The molecule has 0 fully saturated rings. The van der Waals surface area contributed by atoms with Crippen LogP contribution in [0.1, 0.15) is 5.56 Å². The van der Waals surface area contributed by atoms with Crippen LogP contribution < -0.4 is 5.73 Å². The molecule has 1 aromatic heterocycles. The summed E-state index contributed by atoms with van der Waals surface area (Å²) in [6.07, 6.45) is 3.68. The second kappa shape index (κ2) is 5.39. The summed E-state index contributed by atoms with van der Waals surface area (Å²) in [5.41, 5.74) is 8.64. The minimum Gasteiger partial charge on any atom is -0.330 e. The van der Waals surface area contributed by atoms with Crippen molar-refractivity contribution in [3.63, 3.8) is 0 Å². The molecule has 100 valence electrons. The van der Waals surface area contributed by atoms with Crippen LogP contribution in [0.25, 0.3) is 21.9 Å². The van der Waals surface area contributed by atoms with E-state index in [4.69, 9.17) is 5.73 Å². The number of pyridine rings is 1. The molecule has 0 aliphatic carbocycles. The van der Waals surface area contributed by atoms with E-state index in [1.165, 1.54) is 12.3 Å². The van der Waals surface area contributed by atoms with Crippen LogP contribution in [0.3, 0.4) is 0 Å². The van der Waals surface area contributed by atoms with Gasteiger partial charge in [0, 0.05) is 11.8 Å². The second-order valence-corrected chi connectivity index (χ2v) is 4.75. The molecule has 2 aromatic carbocycles. The van der Waals surface area contributed by atoms with Gasteiger partial charge in [-0.2, -0.15) is 0 Å². The maximum atomic E-state index is 13.5. The van der Waals surface area contributed by atoms with Crippen LogP contribution in [0.5, 0.6) is 0 Å². The largest absolute Gasteiger partial charge is 0.330 e. The fourth-order valence-electron chi connectivity index (χ4n) is 2.57. The van der Waals surface area contributed by atoms with Gasteiger partial charge in [0.1, 0.15) is 5.82 Å². The monoisotopic (exact) mass is 266 g/mol. The summed E-state index contributed by atoms with van der Waals surface area (Å²) in [6, 6.07) is 13.8. The third-order valence-corrected chi connectivity index (χ3v) is 3.42. The molecule has 0 aliphatic rings.